The molecular formula is C24H22F2N4O2. The van der Waals surface area contributed by atoms with Gasteiger partial charge in [0.25, 0.3) is 0 Å². The van der Waals surface area contributed by atoms with E-state index in [-0.39, 0.29) is 30.1 Å². The van der Waals surface area contributed by atoms with Crippen LogP contribution in [0.5, 0.6) is 0 Å². The zero-order valence-corrected chi connectivity index (χ0v) is 17.7. The van der Waals surface area contributed by atoms with Crippen molar-refractivity contribution in [3.8, 4) is 17.0 Å². The van der Waals surface area contributed by atoms with Crippen LogP contribution in [-0.4, -0.2) is 20.7 Å². The molecule has 0 aliphatic carbocycles. The highest BCUT2D eigenvalue weighted by molar-refractivity contribution is 5.76. The van der Waals surface area contributed by atoms with Crippen LogP contribution in [0.3, 0.4) is 0 Å². The second-order valence-electron chi connectivity index (χ2n) is 7.42. The molecule has 32 heavy (non-hydrogen) atoms. The zero-order valence-electron chi connectivity index (χ0n) is 17.7. The van der Waals surface area contributed by atoms with E-state index >= 15 is 0 Å². The second kappa shape index (κ2) is 9.13. The molecule has 2 aromatic carbocycles. The van der Waals surface area contributed by atoms with E-state index in [0.717, 1.165) is 34.8 Å². The predicted octanol–water partition coefficient (Wildman–Crippen LogP) is 4.67. The van der Waals surface area contributed by atoms with Gasteiger partial charge in [0.05, 0.1) is 23.1 Å². The van der Waals surface area contributed by atoms with Crippen LogP contribution in [0.25, 0.3) is 17.0 Å². The Labute approximate surface area is 183 Å². The van der Waals surface area contributed by atoms with E-state index in [2.05, 4.69) is 15.4 Å². The molecule has 0 fully saturated rings. The topological polar surface area (TPSA) is 73.0 Å². The molecule has 0 radical (unpaired) electrons. The Morgan fingerprint density at radius 3 is 2.66 bits per heavy atom. The quantitative estimate of drug-likeness (QED) is 0.457. The molecule has 6 nitrogen and oxygen atoms in total. The second-order valence-corrected chi connectivity index (χ2v) is 7.42. The molecule has 0 saturated heterocycles. The monoisotopic (exact) mass is 436 g/mol. The summed E-state index contributed by atoms with van der Waals surface area (Å²) in [5.74, 6) is -1.06. The minimum absolute atomic E-state index is 0.121. The van der Waals surface area contributed by atoms with Crippen LogP contribution in [0, 0.1) is 25.5 Å². The fourth-order valence-electron chi connectivity index (χ4n) is 3.49. The summed E-state index contributed by atoms with van der Waals surface area (Å²) in [7, 11) is 0. The Morgan fingerprint density at radius 1 is 1.12 bits per heavy atom. The summed E-state index contributed by atoms with van der Waals surface area (Å²) in [6.07, 6.45) is 1.79. The lowest BCUT2D eigenvalue weighted by Gasteiger charge is -2.07. The SMILES string of the molecule is Cc1nn(-c2ccccc2)c(C)c1CNC(=O)CCc1ncc(-c2ccc(F)cc2F)o1. The van der Waals surface area contributed by atoms with Crippen LogP contribution >= 0.6 is 0 Å². The molecule has 2 heterocycles. The Balaban J connectivity index is 1.35. The number of hydrogen-bond acceptors (Lipinski definition) is 4. The van der Waals surface area contributed by atoms with E-state index in [9.17, 15) is 13.6 Å². The summed E-state index contributed by atoms with van der Waals surface area (Å²) in [4.78, 5) is 16.4. The first kappa shape index (κ1) is 21.4. The number of aryl methyl sites for hydroxylation is 2. The van der Waals surface area contributed by atoms with Crippen molar-refractivity contribution >= 4 is 5.91 Å². The molecule has 1 amide bonds. The number of amides is 1. The molecule has 4 aromatic rings. The minimum atomic E-state index is -0.729. The van der Waals surface area contributed by atoms with E-state index in [1.807, 2.05) is 48.9 Å². The summed E-state index contributed by atoms with van der Waals surface area (Å²) in [6, 6.07) is 13.0. The van der Waals surface area contributed by atoms with Crippen LogP contribution in [0.4, 0.5) is 8.78 Å². The van der Waals surface area contributed by atoms with Gasteiger partial charge in [0.1, 0.15) is 11.6 Å². The van der Waals surface area contributed by atoms with Crippen molar-refractivity contribution in [3.05, 3.63) is 89.2 Å². The number of carbonyl (C=O) groups excluding carboxylic acids is 1. The molecule has 2 aromatic heterocycles. The Kier molecular flexibility index (Phi) is 6.11. The number of benzene rings is 2. The lowest BCUT2D eigenvalue weighted by atomic mass is 10.2. The molecular weight excluding hydrogens is 414 g/mol. The van der Waals surface area contributed by atoms with Crippen molar-refractivity contribution in [2.75, 3.05) is 0 Å². The van der Waals surface area contributed by atoms with Crippen LogP contribution in [-0.2, 0) is 17.8 Å². The minimum Gasteiger partial charge on any atom is -0.441 e. The number of rotatable bonds is 7. The van der Waals surface area contributed by atoms with Gasteiger partial charge in [0, 0.05) is 36.7 Å². The standard InChI is InChI=1S/C24H22F2N4O2/c1-15-20(16(2)30(29-15)18-6-4-3-5-7-18)13-27-23(31)10-11-24-28-14-22(32-24)19-9-8-17(25)12-21(19)26/h3-9,12,14H,10-11,13H2,1-2H3,(H,27,31). The Hall–Kier alpha value is -3.81. The predicted molar refractivity (Wildman–Crippen MR) is 115 cm³/mol. The first-order valence-electron chi connectivity index (χ1n) is 10.2. The highest BCUT2D eigenvalue weighted by Crippen LogP contribution is 2.24. The maximum absolute atomic E-state index is 13.9. The molecule has 0 bridgehead atoms. The fraction of sp³-hybridized carbons (Fsp3) is 0.208. The van der Waals surface area contributed by atoms with Gasteiger partial charge >= 0.3 is 0 Å². The third-order valence-electron chi connectivity index (χ3n) is 5.22. The van der Waals surface area contributed by atoms with Gasteiger partial charge in [-0.25, -0.2) is 18.4 Å². The van der Waals surface area contributed by atoms with Crippen molar-refractivity contribution in [2.24, 2.45) is 0 Å². The van der Waals surface area contributed by atoms with E-state index < -0.39 is 11.6 Å². The summed E-state index contributed by atoms with van der Waals surface area (Å²) < 4.78 is 34.4. The lowest BCUT2D eigenvalue weighted by Crippen LogP contribution is -2.23. The number of nitrogens with one attached hydrogen (secondary N) is 1. The average Bonchev–Trinajstić information content (AvgIpc) is 3.36. The van der Waals surface area contributed by atoms with Gasteiger partial charge in [-0.15, -0.1) is 0 Å². The number of carbonyl (C=O) groups is 1. The highest BCUT2D eigenvalue weighted by Gasteiger charge is 2.15. The van der Waals surface area contributed by atoms with Gasteiger partial charge in [-0.1, -0.05) is 18.2 Å². The molecule has 164 valence electrons. The maximum atomic E-state index is 13.9. The molecule has 1 N–H and O–H groups in total. The van der Waals surface area contributed by atoms with E-state index in [1.165, 1.54) is 12.3 Å². The Morgan fingerprint density at radius 2 is 1.91 bits per heavy atom. The third kappa shape index (κ3) is 4.59. The number of para-hydroxylation sites is 1. The van der Waals surface area contributed by atoms with Crippen molar-refractivity contribution in [2.45, 2.75) is 33.2 Å². The summed E-state index contributed by atoms with van der Waals surface area (Å²) in [5.41, 5.74) is 3.87. The van der Waals surface area contributed by atoms with Crippen molar-refractivity contribution in [1.29, 1.82) is 0 Å². The van der Waals surface area contributed by atoms with Crippen molar-refractivity contribution in [1.82, 2.24) is 20.1 Å². The number of oxazole rings is 1. The third-order valence-corrected chi connectivity index (χ3v) is 5.22. The van der Waals surface area contributed by atoms with Gasteiger partial charge in [0.2, 0.25) is 5.91 Å². The van der Waals surface area contributed by atoms with Crippen LogP contribution in [0.1, 0.15) is 29.3 Å². The first-order chi connectivity index (χ1) is 15.4. The van der Waals surface area contributed by atoms with Crippen molar-refractivity contribution < 1.29 is 18.0 Å². The van der Waals surface area contributed by atoms with Crippen LogP contribution in [0.15, 0.2) is 59.1 Å². The molecule has 8 heteroatoms. The molecule has 0 saturated carbocycles. The van der Waals surface area contributed by atoms with Gasteiger partial charge in [-0.3, -0.25) is 4.79 Å². The van der Waals surface area contributed by atoms with Gasteiger partial charge in [0.15, 0.2) is 11.7 Å². The van der Waals surface area contributed by atoms with Gasteiger partial charge in [-0.05, 0) is 38.1 Å². The largest absolute Gasteiger partial charge is 0.441 e. The molecule has 0 aliphatic heterocycles. The molecule has 0 spiro atoms. The number of nitrogens with zero attached hydrogens (tertiary/aromatic N) is 3. The maximum Gasteiger partial charge on any atom is 0.220 e. The van der Waals surface area contributed by atoms with Crippen LogP contribution in [0.2, 0.25) is 0 Å². The molecule has 0 atom stereocenters. The van der Waals surface area contributed by atoms with E-state index in [0.29, 0.717) is 12.4 Å². The number of aromatic nitrogens is 3. The normalized spacial score (nSPS) is 11.0. The van der Waals surface area contributed by atoms with Gasteiger partial charge in [-0.2, -0.15) is 5.10 Å². The lowest BCUT2D eigenvalue weighted by molar-refractivity contribution is -0.121. The smallest absolute Gasteiger partial charge is 0.220 e. The number of halogens is 2. The molecule has 0 aliphatic rings. The van der Waals surface area contributed by atoms with Crippen molar-refractivity contribution in [3.63, 3.8) is 0 Å². The van der Waals surface area contributed by atoms with Gasteiger partial charge < -0.3 is 9.73 Å². The average molecular weight is 436 g/mol. The molecule has 0 unspecified atom stereocenters. The summed E-state index contributed by atoms with van der Waals surface area (Å²) >= 11 is 0. The summed E-state index contributed by atoms with van der Waals surface area (Å²) in [5, 5.41) is 7.49. The zero-order chi connectivity index (χ0) is 22.7. The van der Waals surface area contributed by atoms with Crippen LogP contribution < -0.4 is 5.32 Å². The van der Waals surface area contributed by atoms with E-state index in [4.69, 9.17) is 4.42 Å². The first-order valence-corrected chi connectivity index (χ1v) is 10.2. The van der Waals surface area contributed by atoms with E-state index in [1.54, 1.807) is 0 Å². The highest BCUT2D eigenvalue weighted by atomic mass is 19.1. The molecule has 4 rings (SSSR count). The fourth-order valence-corrected chi connectivity index (χ4v) is 3.49. The number of hydrogen-bond donors (Lipinski definition) is 1. The summed E-state index contributed by atoms with van der Waals surface area (Å²) in [6.45, 7) is 4.25. The Bertz CT molecular complexity index is 1250.